The third-order valence-electron chi connectivity index (χ3n) is 2.56. The Kier molecular flexibility index (Phi) is 3.00. The molecule has 0 aliphatic heterocycles. The quantitative estimate of drug-likeness (QED) is 0.662. The first-order chi connectivity index (χ1) is 8.52. The monoisotopic (exact) mass is 259 g/mol. The lowest BCUT2D eigenvalue weighted by atomic mass is 10.1. The summed E-state index contributed by atoms with van der Waals surface area (Å²) in [7, 11) is 0. The van der Waals surface area contributed by atoms with Crippen LogP contribution in [-0.2, 0) is 0 Å². The summed E-state index contributed by atoms with van der Waals surface area (Å²) in [5.41, 5.74) is 7.77. The van der Waals surface area contributed by atoms with E-state index < -0.39 is 4.92 Å². The first kappa shape index (κ1) is 12.1. The molecule has 0 fully saturated rings. The Bertz CT molecular complexity index is 670. The van der Waals surface area contributed by atoms with Crippen LogP contribution in [0.4, 0.5) is 11.4 Å². The first-order valence-corrected chi connectivity index (χ1v) is 5.89. The molecule has 0 unspecified atom stereocenters. The minimum Gasteiger partial charge on any atom is -0.397 e. The van der Waals surface area contributed by atoms with Gasteiger partial charge in [0.15, 0.2) is 0 Å². The third-order valence-corrected chi connectivity index (χ3v) is 3.65. The summed E-state index contributed by atoms with van der Waals surface area (Å²) in [6, 6.07) is 8.33. The van der Waals surface area contributed by atoms with E-state index in [-0.39, 0.29) is 5.69 Å². The molecule has 18 heavy (non-hydrogen) atoms. The molecule has 0 atom stereocenters. The minimum absolute atomic E-state index is 0.0288. The van der Waals surface area contributed by atoms with Gasteiger partial charge >= 0.3 is 0 Å². The standard InChI is InChI=1S/C12H9N3O2S/c1-7-2-3-8(15(16)17)4-9(7)11-5-10(14)12(6-13)18-11/h2-5H,14H2,1H3. The summed E-state index contributed by atoms with van der Waals surface area (Å²) in [5.74, 6) is 0. The number of nitriles is 1. The summed E-state index contributed by atoms with van der Waals surface area (Å²) in [6.45, 7) is 1.86. The molecule has 90 valence electrons. The van der Waals surface area contributed by atoms with Crippen LogP contribution >= 0.6 is 11.3 Å². The second kappa shape index (κ2) is 4.47. The Balaban J connectivity index is 2.59. The molecule has 2 N–H and O–H groups in total. The average Bonchev–Trinajstić information content (AvgIpc) is 2.70. The fourth-order valence-corrected chi connectivity index (χ4v) is 2.57. The predicted molar refractivity (Wildman–Crippen MR) is 70.3 cm³/mol. The molecule has 0 bridgehead atoms. The number of aryl methyl sites for hydroxylation is 1. The van der Waals surface area contributed by atoms with Crippen molar-refractivity contribution in [1.29, 1.82) is 5.26 Å². The first-order valence-electron chi connectivity index (χ1n) is 5.07. The number of nitrogens with zero attached hydrogens (tertiary/aromatic N) is 2. The van der Waals surface area contributed by atoms with Gasteiger partial charge in [-0.2, -0.15) is 5.26 Å². The molecule has 0 aliphatic carbocycles. The topological polar surface area (TPSA) is 92.9 Å². The third kappa shape index (κ3) is 2.04. The van der Waals surface area contributed by atoms with E-state index in [0.717, 1.165) is 16.0 Å². The highest BCUT2D eigenvalue weighted by Gasteiger charge is 2.13. The van der Waals surface area contributed by atoms with E-state index in [1.165, 1.54) is 23.5 Å². The van der Waals surface area contributed by atoms with Crippen LogP contribution in [0.5, 0.6) is 0 Å². The Morgan fingerprint density at radius 3 is 2.72 bits per heavy atom. The van der Waals surface area contributed by atoms with Crippen LogP contribution in [0.2, 0.25) is 0 Å². The smallest absolute Gasteiger partial charge is 0.270 e. The number of benzene rings is 1. The van der Waals surface area contributed by atoms with Gasteiger partial charge in [0.1, 0.15) is 10.9 Å². The zero-order chi connectivity index (χ0) is 13.3. The van der Waals surface area contributed by atoms with Crippen LogP contribution in [0.3, 0.4) is 0 Å². The fourth-order valence-electron chi connectivity index (χ4n) is 1.61. The van der Waals surface area contributed by atoms with Crippen molar-refractivity contribution in [3.05, 3.63) is 44.8 Å². The Morgan fingerprint density at radius 1 is 1.44 bits per heavy atom. The molecule has 6 heteroatoms. The van der Waals surface area contributed by atoms with Gasteiger partial charge in [0.05, 0.1) is 10.6 Å². The number of nitrogen functional groups attached to an aromatic ring is 1. The number of thiophene rings is 1. The molecule has 2 rings (SSSR count). The normalized spacial score (nSPS) is 10.0. The number of rotatable bonds is 2. The maximum Gasteiger partial charge on any atom is 0.270 e. The molecule has 1 aromatic heterocycles. The zero-order valence-electron chi connectivity index (χ0n) is 9.51. The number of hydrogen-bond donors (Lipinski definition) is 1. The summed E-state index contributed by atoms with van der Waals surface area (Å²) in [4.78, 5) is 11.5. The van der Waals surface area contributed by atoms with Gasteiger partial charge in [0.2, 0.25) is 0 Å². The summed E-state index contributed by atoms with van der Waals surface area (Å²) in [5, 5.41) is 19.6. The molecule has 0 saturated heterocycles. The molecule has 0 saturated carbocycles. The van der Waals surface area contributed by atoms with Crippen LogP contribution < -0.4 is 5.73 Å². The highest BCUT2D eigenvalue weighted by atomic mass is 32.1. The number of nitro groups is 1. The molecule has 2 aromatic rings. The van der Waals surface area contributed by atoms with Crippen LogP contribution in [0, 0.1) is 28.4 Å². The fraction of sp³-hybridized carbons (Fsp3) is 0.0833. The maximum atomic E-state index is 10.8. The van der Waals surface area contributed by atoms with Crippen LogP contribution in [0.1, 0.15) is 10.4 Å². The van der Waals surface area contributed by atoms with Crippen molar-refractivity contribution in [1.82, 2.24) is 0 Å². The van der Waals surface area contributed by atoms with Gasteiger partial charge in [-0.3, -0.25) is 10.1 Å². The van der Waals surface area contributed by atoms with Gasteiger partial charge < -0.3 is 5.73 Å². The summed E-state index contributed by atoms with van der Waals surface area (Å²) >= 11 is 1.24. The SMILES string of the molecule is Cc1ccc([N+](=O)[O-])cc1-c1cc(N)c(C#N)s1. The summed E-state index contributed by atoms with van der Waals surface area (Å²) < 4.78 is 0. The van der Waals surface area contributed by atoms with Crippen molar-refractivity contribution < 1.29 is 4.92 Å². The maximum absolute atomic E-state index is 10.8. The molecule has 0 amide bonds. The van der Waals surface area contributed by atoms with Crippen molar-refractivity contribution in [3.8, 4) is 16.5 Å². The average molecular weight is 259 g/mol. The molecule has 0 radical (unpaired) electrons. The van der Waals surface area contributed by atoms with Crippen molar-refractivity contribution >= 4 is 22.7 Å². The second-order valence-corrected chi connectivity index (χ2v) is 4.82. The summed E-state index contributed by atoms with van der Waals surface area (Å²) in [6.07, 6.45) is 0. The van der Waals surface area contributed by atoms with Crippen LogP contribution in [-0.4, -0.2) is 4.92 Å². The van der Waals surface area contributed by atoms with E-state index in [1.54, 1.807) is 12.1 Å². The highest BCUT2D eigenvalue weighted by molar-refractivity contribution is 7.16. The van der Waals surface area contributed by atoms with Gasteiger partial charge in [-0.1, -0.05) is 6.07 Å². The minimum atomic E-state index is -0.439. The van der Waals surface area contributed by atoms with Crippen LogP contribution in [0.25, 0.3) is 10.4 Å². The Hall–Kier alpha value is -2.39. The number of anilines is 1. The van der Waals surface area contributed by atoms with E-state index in [2.05, 4.69) is 0 Å². The molecular formula is C12H9N3O2S. The van der Waals surface area contributed by atoms with E-state index in [1.807, 2.05) is 13.0 Å². The molecular weight excluding hydrogens is 250 g/mol. The van der Waals surface area contributed by atoms with Gasteiger partial charge in [0, 0.05) is 22.6 Å². The predicted octanol–water partition coefficient (Wildman–Crippen LogP) is 3.09. The lowest BCUT2D eigenvalue weighted by molar-refractivity contribution is -0.384. The largest absolute Gasteiger partial charge is 0.397 e. The Labute approximate surface area is 107 Å². The lowest BCUT2D eigenvalue weighted by Gasteiger charge is -2.02. The highest BCUT2D eigenvalue weighted by Crippen LogP contribution is 2.36. The lowest BCUT2D eigenvalue weighted by Crippen LogP contribution is -1.89. The molecule has 1 aromatic carbocycles. The van der Waals surface area contributed by atoms with E-state index >= 15 is 0 Å². The van der Waals surface area contributed by atoms with Crippen molar-refractivity contribution in [2.75, 3.05) is 5.73 Å². The van der Waals surface area contributed by atoms with E-state index in [9.17, 15) is 10.1 Å². The number of nitrogens with two attached hydrogens (primary N) is 1. The molecule has 0 spiro atoms. The van der Waals surface area contributed by atoms with Gasteiger partial charge in [-0.15, -0.1) is 11.3 Å². The van der Waals surface area contributed by atoms with Crippen LogP contribution in [0.15, 0.2) is 24.3 Å². The number of nitro benzene ring substituents is 1. The number of non-ortho nitro benzene ring substituents is 1. The van der Waals surface area contributed by atoms with Gasteiger partial charge in [-0.05, 0) is 18.6 Å². The van der Waals surface area contributed by atoms with Gasteiger partial charge in [0.25, 0.3) is 5.69 Å². The Morgan fingerprint density at radius 2 is 2.17 bits per heavy atom. The number of hydrogen-bond acceptors (Lipinski definition) is 5. The van der Waals surface area contributed by atoms with E-state index in [0.29, 0.717) is 10.6 Å². The molecule has 0 aliphatic rings. The molecule has 5 nitrogen and oxygen atoms in total. The van der Waals surface area contributed by atoms with Crippen molar-refractivity contribution in [2.24, 2.45) is 0 Å². The van der Waals surface area contributed by atoms with Gasteiger partial charge in [-0.25, -0.2) is 0 Å². The molecule has 1 heterocycles. The zero-order valence-corrected chi connectivity index (χ0v) is 10.3. The van der Waals surface area contributed by atoms with Crippen molar-refractivity contribution in [3.63, 3.8) is 0 Å². The second-order valence-electron chi connectivity index (χ2n) is 3.76. The van der Waals surface area contributed by atoms with E-state index in [4.69, 9.17) is 11.0 Å². The van der Waals surface area contributed by atoms with Crippen molar-refractivity contribution in [2.45, 2.75) is 6.92 Å².